The Hall–Kier alpha value is -1.68. The third-order valence-electron chi connectivity index (χ3n) is 3.39. The number of aliphatic carboxylic acids is 1. The lowest BCUT2D eigenvalue weighted by Gasteiger charge is -2.14. The van der Waals surface area contributed by atoms with Gasteiger partial charge in [0.2, 0.25) is 0 Å². The second-order valence-corrected chi connectivity index (χ2v) is 6.02. The van der Waals surface area contributed by atoms with E-state index in [0.29, 0.717) is 18.4 Å². The van der Waals surface area contributed by atoms with E-state index in [-0.39, 0.29) is 5.82 Å². The molecule has 0 fully saturated rings. The minimum atomic E-state index is -0.868. The Morgan fingerprint density at radius 3 is 2.67 bits per heavy atom. The number of carboxylic acid groups (broad SMARTS) is 1. The highest BCUT2D eigenvalue weighted by Crippen LogP contribution is 2.23. The Morgan fingerprint density at radius 1 is 1.24 bits per heavy atom. The van der Waals surface area contributed by atoms with E-state index in [1.54, 1.807) is 6.07 Å². The molecule has 0 aliphatic heterocycles. The lowest BCUT2D eigenvalue weighted by molar-refractivity contribution is -0.141. The van der Waals surface area contributed by atoms with Crippen LogP contribution in [0, 0.1) is 18.7 Å². The molecule has 0 bridgehead atoms. The van der Waals surface area contributed by atoms with Crippen LogP contribution in [-0.2, 0) is 17.6 Å². The summed E-state index contributed by atoms with van der Waals surface area (Å²) < 4.78 is 14.0. The third kappa shape index (κ3) is 4.39. The maximum Gasteiger partial charge on any atom is 0.307 e. The van der Waals surface area contributed by atoms with Crippen molar-refractivity contribution in [3.05, 3.63) is 69.4 Å². The van der Waals surface area contributed by atoms with Gasteiger partial charge in [0.15, 0.2) is 0 Å². The Kier molecular flexibility index (Phi) is 5.12. The van der Waals surface area contributed by atoms with E-state index in [9.17, 15) is 14.3 Å². The minimum absolute atomic E-state index is 0.293. The fourth-order valence-corrected chi connectivity index (χ4v) is 2.74. The largest absolute Gasteiger partial charge is 0.481 e. The first kappa shape index (κ1) is 15.7. The Morgan fingerprint density at radius 2 is 2.00 bits per heavy atom. The predicted octanol–water partition coefficient (Wildman–Crippen LogP) is 4.38. The van der Waals surface area contributed by atoms with Crippen LogP contribution >= 0.6 is 15.9 Å². The highest BCUT2D eigenvalue weighted by atomic mass is 79.9. The second kappa shape index (κ2) is 6.85. The molecule has 0 aliphatic rings. The van der Waals surface area contributed by atoms with Crippen molar-refractivity contribution in [1.82, 2.24) is 0 Å². The van der Waals surface area contributed by atoms with E-state index >= 15 is 0 Å². The van der Waals surface area contributed by atoms with Gasteiger partial charge >= 0.3 is 5.97 Å². The van der Waals surface area contributed by atoms with Gasteiger partial charge in [-0.15, -0.1) is 0 Å². The number of hydrogen-bond donors (Lipinski definition) is 1. The summed E-state index contributed by atoms with van der Waals surface area (Å²) in [6.45, 7) is 1.97. The van der Waals surface area contributed by atoms with E-state index in [4.69, 9.17) is 0 Å². The molecule has 0 amide bonds. The summed E-state index contributed by atoms with van der Waals surface area (Å²) in [5, 5.41) is 9.42. The van der Waals surface area contributed by atoms with Gasteiger partial charge in [-0.05, 0) is 49.1 Å². The fourth-order valence-electron chi connectivity index (χ4n) is 2.34. The lowest BCUT2D eigenvalue weighted by Crippen LogP contribution is -2.19. The monoisotopic (exact) mass is 350 g/mol. The van der Waals surface area contributed by atoms with Crippen molar-refractivity contribution in [2.75, 3.05) is 0 Å². The van der Waals surface area contributed by atoms with Gasteiger partial charge in [-0.25, -0.2) is 4.39 Å². The summed E-state index contributed by atoms with van der Waals surface area (Å²) >= 11 is 3.35. The summed E-state index contributed by atoms with van der Waals surface area (Å²) in [6, 6.07) is 12.1. The summed E-state index contributed by atoms with van der Waals surface area (Å²) in [6.07, 6.45) is 0.724. The number of hydrogen-bond acceptors (Lipinski definition) is 1. The van der Waals surface area contributed by atoms with Gasteiger partial charge in [0, 0.05) is 4.47 Å². The highest BCUT2D eigenvalue weighted by Gasteiger charge is 2.20. The fraction of sp³-hybridized carbons (Fsp3) is 0.235. The molecule has 2 rings (SSSR count). The predicted molar refractivity (Wildman–Crippen MR) is 83.8 cm³/mol. The molecule has 2 aromatic carbocycles. The van der Waals surface area contributed by atoms with Crippen molar-refractivity contribution in [2.24, 2.45) is 5.92 Å². The van der Waals surface area contributed by atoms with Crippen LogP contribution in [0.3, 0.4) is 0 Å². The van der Waals surface area contributed by atoms with Crippen LogP contribution in [0.15, 0.2) is 46.9 Å². The van der Waals surface area contributed by atoms with E-state index in [1.165, 1.54) is 12.1 Å². The molecule has 0 aromatic heterocycles. The first-order chi connectivity index (χ1) is 9.95. The maximum atomic E-state index is 13.3. The number of halogens is 2. The van der Waals surface area contributed by atoms with Crippen LogP contribution in [0.5, 0.6) is 0 Å². The zero-order valence-electron chi connectivity index (χ0n) is 11.6. The van der Waals surface area contributed by atoms with Crippen molar-refractivity contribution < 1.29 is 14.3 Å². The van der Waals surface area contributed by atoms with Crippen molar-refractivity contribution in [1.29, 1.82) is 0 Å². The van der Waals surface area contributed by atoms with Gasteiger partial charge in [0.05, 0.1) is 5.92 Å². The van der Waals surface area contributed by atoms with Gasteiger partial charge in [0.1, 0.15) is 5.82 Å². The average molecular weight is 351 g/mol. The molecule has 0 radical (unpaired) electrons. The van der Waals surface area contributed by atoms with E-state index in [1.807, 2.05) is 31.2 Å². The quantitative estimate of drug-likeness (QED) is 0.868. The van der Waals surface area contributed by atoms with E-state index in [0.717, 1.165) is 15.6 Å². The first-order valence-corrected chi connectivity index (χ1v) is 7.47. The smallest absolute Gasteiger partial charge is 0.307 e. The van der Waals surface area contributed by atoms with Crippen LogP contribution in [0.1, 0.15) is 16.7 Å². The van der Waals surface area contributed by atoms with E-state index in [2.05, 4.69) is 15.9 Å². The number of benzene rings is 2. The van der Waals surface area contributed by atoms with Crippen LogP contribution in [0.25, 0.3) is 0 Å². The summed E-state index contributed by atoms with van der Waals surface area (Å²) in [5.74, 6) is -1.80. The molecule has 1 atom stereocenters. The molecule has 4 heteroatoms. The molecule has 1 unspecified atom stereocenters. The zero-order chi connectivity index (χ0) is 15.4. The normalized spacial score (nSPS) is 12.1. The molecule has 21 heavy (non-hydrogen) atoms. The number of carboxylic acids is 1. The summed E-state index contributed by atoms with van der Waals surface area (Å²) in [5.41, 5.74) is 2.76. The Bertz CT molecular complexity index is 655. The zero-order valence-corrected chi connectivity index (χ0v) is 13.2. The Labute approximate surface area is 131 Å². The standard InChI is InChI=1S/C17H16BrFO2/c1-11-3-2-4-12(7-11)8-14(17(20)21)9-13-10-15(19)5-6-16(13)18/h2-7,10,14H,8-9H2,1H3,(H,20,21). The van der Waals surface area contributed by atoms with Crippen LogP contribution in [-0.4, -0.2) is 11.1 Å². The molecule has 0 saturated carbocycles. The molecule has 0 aliphatic carbocycles. The number of rotatable bonds is 5. The molecule has 110 valence electrons. The molecule has 2 nitrogen and oxygen atoms in total. The van der Waals surface area contributed by atoms with Crippen molar-refractivity contribution in [3.8, 4) is 0 Å². The molecule has 2 aromatic rings. The van der Waals surface area contributed by atoms with Crippen LogP contribution < -0.4 is 0 Å². The Balaban J connectivity index is 2.20. The van der Waals surface area contributed by atoms with Crippen molar-refractivity contribution >= 4 is 21.9 Å². The molecule has 1 N–H and O–H groups in total. The SMILES string of the molecule is Cc1cccc(CC(Cc2cc(F)ccc2Br)C(=O)O)c1. The molecule has 0 saturated heterocycles. The molecule has 0 spiro atoms. The van der Waals surface area contributed by atoms with Gasteiger partial charge in [-0.1, -0.05) is 45.8 Å². The minimum Gasteiger partial charge on any atom is -0.481 e. The third-order valence-corrected chi connectivity index (χ3v) is 4.16. The topological polar surface area (TPSA) is 37.3 Å². The first-order valence-electron chi connectivity index (χ1n) is 6.68. The van der Waals surface area contributed by atoms with E-state index < -0.39 is 11.9 Å². The number of carbonyl (C=O) groups is 1. The molecular weight excluding hydrogens is 335 g/mol. The van der Waals surface area contributed by atoms with Crippen LogP contribution in [0.2, 0.25) is 0 Å². The summed E-state index contributed by atoms with van der Waals surface area (Å²) in [7, 11) is 0. The average Bonchev–Trinajstić information content (AvgIpc) is 2.42. The van der Waals surface area contributed by atoms with Crippen molar-refractivity contribution in [2.45, 2.75) is 19.8 Å². The highest BCUT2D eigenvalue weighted by molar-refractivity contribution is 9.10. The van der Waals surface area contributed by atoms with Gasteiger partial charge < -0.3 is 5.11 Å². The van der Waals surface area contributed by atoms with Gasteiger partial charge in [-0.3, -0.25) is 4.79 Å². The molecule has 0 heterocycles. The van der Waals surface area contributed by atoms with Crippen molar-refractivity contribution in [3.63, 3.8) is 0 Å². The van der Waals surface area contributed by atoms with Gasteiger partial charge in [0.25, 0.3) is 0 Å². The second-order valence-electron chi connectivity index (χ2n) is 5.17. The summed E-state index contributed by atoms with van der Waals surface area (Å²) in [4.78, 5) is 11.5. The van der Waals surface area contributed by atoms with Gasteiger partial charge in [-0.2, -0.15) is 0 Å². The lowest BCUT2D eigenvalue weighted by atomic mass is 9.92. The molecular formula is C17H16BrFO2. The number of aryl methyl sites for hydroxylation is 1. The maximum absolute atomic E-state index is 13.3. The van der Waals surface area contributed by atoms with Crippen LogP contribution in [0.4, 0.5) is 4.39 Å².